The normalized spacial score (nSPS) is 10.4. The van der Waals surface area contributed by atoms with Crippen molar-refractivity contribution in [1.82, 2.24) is 20.0 Å². The van der Waals surface area contributed by atoms with Gasteiger partial charge in [0.05, 0.1) is 12.2 Å². The number of nitrogen functional groups attached to an aromatic ring is 1. The third kappa shape index (κ3) is 3.23. The Balaban J connectivity index is 2.36. The Morgan fingerprint density at radius 2 is 2.19 bits per heavy atom. The lowest BCUT2D eigenvalue weighted by atomic mass is 10.2. The number of hydrogen-bond donors (Lipinski definition) is 3. The van der Waals surface area contributed by atoms with E-state index >= 15 is 0 Å². The number of pyridine rings is 1. The van der Waals surface area contributed by atoms with Crippen molar-refractivity contribution in [2.24, 2.45) is 5.84 Å². The quantitative estimate of drug-likeness (QED) is 0.384. The van der Waals surface area contributed by atoms with Crippen LogP contribution >= 0.6 is 0 Å². The van der Waals surface area contributed by atoms with Gasteiger partial charge in [0.1, 0.15) is 5.69 Å². The topological polar surface area (TPSA) is 123 Å². The number of H-pyrrole nitrogens is 1. The summed E-state index contributed by atoms with van der Waals surface area (Å²) in [5.74, 6) is 4.54. The van der Waals surface area contributed by atoms with Gasteiger partial charge >= 0.3 is 5.69 Å². The summed E-state index contributed by atoms with van der Waals surface area (Å²) in [6.45, 7) is 1.97. The molecular weight excluding hydrogens is 274 g/mol. The minimum absolute atomic E-state index is 0.147. The molecule has 2 rings (SSSR count). The van der Waals surface area contributed by atoms with Gasteiger partial charge in [-0.15, -0.1) is 0 Å². The molecule has 0 saturated carbocycles. The number of hydrazine groups is 1. The monoisotopic (exact) mass is 289 g/mol. The summed E-state index contributed by atoms with van der Waals surface area (Å²) < 4.78 is 1.34. The lowest BCUT2D eigenvalue weighted by molar-refractivity contribution is 0.0948. The van der Waals surface area contributed by atoms with Crippen LogP contribution in [-0.4, -0.2) is 20.4 Å². The number of aromatic nitrogens is 3. The van der Waals surface area contributed by atoms with E-state index in [0.717, 1.165) is 0 Å². The predicted molar refractivity (Wildman–Crippen MR) is 75.7 cm³/mol. The van der Waals surface area contributed by atoms with Gasteiger partial charge in [-0.25, -0.2) is 15.6 Å². The maximum Gasteiger partial charge on any atom is 0.328 e. The molecule has 0 aliphatic heterocycles. The molecule has 0 atom stereocenters. The Hall–Kier alpha value is -2.74. The van der Waals surface area contributed by atoms with Crippen molar-refractivity contribution in [3.8, 4) is 0 Å². The lowest BCUT2D eigenvalue weighted by Gasteiger charge is -2.07. The number of hydrogen-bond acceptors (Lipinski definition) is 5. The molecular formula is C13H15N5O3. The highest BCUT2D eigenvalue weighted by Crippen LogP contribution is 2.01. The van der Waals surface area contributed by atoms with Crippen LogP contribution in [0.3, 0.4) is 0 Å². The molecule has 2 aromatic rings. The van der Waals surface area contributed by atoms with E-state index in [-0.39, 0.29) is 17.8 Å². The Morgan fingerprint density at radius 3 is 2.86 bits per heavy atom. The van der Waals surface area contributed by atoms with Gasteiger partial charge in [0.25, 0.3) is 11.5 Å². The van der Waals surface area contributed by atoms with E-state index in [0.29, 0.717) is 17.7 Å². The van der Waals surface area contributed by atoms with E-state index in [1.807, 2.05) is 12.3 Å². The summed E-state index contributed by atoms with van der Waals surface area (Å²) in [6.07, 6.45) is 2.01. The first-order valence-corrected chi connectivity index (χ1v) is 6.34. The molecule has 0 radical (unpaired) electrons. The number of nitrogens with two attached hydrogens (primary N) is 1. The average Bonchev–Trinajstić information content (AvgIpc) is 2.49. The van der Waals surface area contributed by atoms with Crippen molar-refractivity contribution >= 4 is 5.91 Å². The molecule has 0 unspecified atom stereocenters. The maximum atomic E-state index is 11.8. The SMILES string of the molecule is CCc1cn(Cc2cccc(C(=O)NN)n2)c(=O)[nH]c1=O. The molecule has 110 valence electrons. The molecule has 21 heavy (non-hydrogen) atoms. The second kappa shape index (κ2) is 6.14. The highest BCUT2D eigenvalue weighted by Gasteiger charge is 2.08. The summed E-state index contributed by atoms with van der Waals surface area (Å²) in [5.41, 5.74) is 2.25. The number of amides is 1. The number of rotatable bonds is 4. The fourth-order valence-corrected chi connectivity index (χ4v) is 1.87. The Morgan fingerprint density at radius 1 is 1.43 bits per heavy atom. The van der Waals surface area contributed by atoms with Gasteiger partial charge in [0.2, 0.25) is 0 Å². The van der Waals surface area contributed by atoms with Crippen LogP contribution in [0.2, 0.25) is 0 Å². The molecule has 1 amide bonds. The van der Waals surface area contributed by atoms with E-state index < -0.39 is 11.6 Å². The Bertz CT molecular complexity index is 778. The minimum atomic E-state index is -0.521. The van der Waals surface area contributed by atoms with Crippen molar-refractivity contribution in [3.63, 3.8) is 0 Å². The second-order valence-corrected chi connectivity index (χ2v) is 4.38. The summed E-state index contributed by atoms with van der Waals surface area (Å²) in [5, 5.41) is 0. The standard InChI is InChI=1S/C13H15N5O3/c1-2-8-6-18(13(21)16-11(8)19)7-9-4-3-5-10(15-9)12(20)17-14/h3-6H,2,7,14H2,1H3,(H,17,20)(H,16,19,21). The average molecular weight is 289 g/mol. The van der Waals surface area contributed by atoms with Crippen LogP contribution in [0.15, 0.2) is 34.0 Å². The lowest BCUT2D eigenvalue weighted by Crippen LogP contribution is -2.32. The number of nitrogens with one attached hydrogen (secondary N) is 2. The molecule has 8 heteroatoms. The van der Waals surface area contributed by atoms with Crippen LogP contribution in [0.1, 0.15) is 28.7 Å². The number of aromatic amines is 1. The fourth-order valence-electron chi connectivity index (χ4n) is 1.87. The highest BCUT2D eigenvalue weighted by molar-refractivity contribution is 5.91. The van der Waals surface area contributed by atoms with Crippen LogP contribution < -0.4 is 22.5 Å². The van der Waals surface area contributed by atoms with Crippen molar-refractivity contribution in [2.75, 3.05) is 0 Å². The van der Waals surface area contributed by atoms with Crippen molar-refractivity contribution in [3.05, 3.63) is 62.2 Å². The number of aryl methyl sites for hydroxylation is 1. The summed E-state index contributed by atoms with van der Waals surface area (Å²) in [7, 11) is 0. The zero-order chi connectivity index (χ0) is 15.4. The van der Waals surface area contributed by atoms with Gasteiger partial charge in [0.15, 0.2) is 0 Å². The van der Waals surface area contributed by atoms with Gasteiger partial charge in [-0.05, 0) is 18.6 Å². The second-order valence-electron chi connectivity index (χ2n) is 4.38. The van der Waals surface area contributed by atoms with Gasteiger partial charge in [0, 0.05) is 11.8 Å². The van der Waals surface area contributed by atoms with Gasteiger partial charge < -0.3 is 0 Å². The van der Waals surface area contributed by atoms with Gasteiger partial charge in [-0.1, -0.05) is 13.0 Å². The zero-order valence-electron chi connectivity index (χ0n) is 11.4. The minimum Gasteiger partial charge on any atom is -0.294 e. The third-order valence-electron chi connectivity index (χ3n) is 2.97. The van der Waals surface area contributed by atoms with E-state index in [2.05, 4.69) is 9.97 Å². The zero-order valence-corrected chi connectivity index (χ0v) is 11.4. The maximum absolute atomic E-state index is 11.8. The van der Waals surface area contributed by atoms with E-state index in [1.165, 1.54) is 16.8 Å². The van der Waals surface area contributed by atoms with Crippen molar-refractivity contribution in [2.45, 2.75) is 19.9 Å². The molecule has 0 aromatic carbocycles. The number of nitrogens with zero attached hydrogens (tertiary/aromatic N) is 2. The molecule has 8 nitrogen and oxygen atoms in total. The largest absolute Gasteiger partial charge is 0.328 e. The molecule has 2 heterocycles. The molecule has 0 bridgehead atoms. The molecule has 0 spiro atoms. The fraction of sp³-hybridized carbons (Fsp3) is 0.231. The van der Waals surface area contributed by atoms with Crippen molar-refractivity contribution < 1.29 is 4.79 Å². The van der Waals surface area contributed by atoms with Crippen LogP contribution in [0.4, 0.5) is 0 Å². The van der Waals surface area contributed by atoms with E-state index in [9.17, 15) is 14.4 Å². The predicted octanol–water partition coefficient (Wildman–Crippen LogP) is -0.854. The first-order chi connectivity index (χ1) is 10.0. The van der Waals surface area contributed by atoms with Gasteiger partial charge in [-0.3, -0.25) is 24.6 Å². The van der Waals surface area contributed by atoms with Gasteiger partial charge in [-0.2, -0.15) is 0 Å². The summed E-state index contributed by atoms with van der Waals surface area (Å²) in [4.78, 5) is 41.1. The number of carbonyl (C=O) groups is 1. The Kier molecular flexibility index (Phi) is 4.29. The smallest absolute Gasteiger partial charge is 0.294 e. The van der Waals surface area contributed by atoms with E-state index in [4.69, 9.17) is 5.84 Å². The Labute approximate surface area is 119 Å². The summed E-state index contributed by atoms with van der Waals surface area (Å²) >= 11 is 0. The molecule has 0 fully saturated rings. The van der Waals surface area contributed by atoms with Crippen LogP contribution in [0.5, 0.6) is 0 Å². The molecule has 4 N–H and O–H groups in total. The van der Waals surface area contributed by atoms with Crippen molar-refractivity contribution in [1.29, 1.82) is 0 Å². The highest BCUT2D eigenvalue weighted by atomic mass is 16.2. The summed E-state index contributed by atoms with van der Waals surface area (Å²) in [6, 6.07) is 4.83. The van der Waals surface area contributed by atoms with E-state index in [1.54, 1.807) is 12.1 Å². The molecule has 0 aliphatic rings. The molecule has 2 aromatic heterocycles. The molecule has 0 aliphatic carbocycles. The first kappa shape index (κ1) is 14.7. The van der Waals surface area contributed by atoms with Crippen LogP contribution in [-0.2, 0) is 13.0 Å². The third-order valence-corrected chi connectivity index (χ3v) is 2.97. The van der Waals surface area contributed by atoms with Crippen LogP contribution in [0.25, 0.3) is 0 Å². The number of carbonyl (C=O) groups excluding carboxylic acids is 1. The van der Waals surface area contributed by atoms with Crippen LogP contribution in [0, 0.1) is 0 Å². The first-order valence-electron chi connectivity index (χ1n) is 6.34. The molecule has 0 saturated heterocycles.